The molecule has 2 aromatic rings. The molecule has 3 rings (SSSR count). The van der Waals surface area contributed by atoms with Gasteiger partial charge in [0.25, 0.3) is 0 Å². The Morgan fingerprint density at radius 2 is 2.11 bits per heavy atom. The first-order valence-electron chi connectivity index (χ1n) is 6.27. The van der Waals surface area contributed by atoms with Crippen molar-refractivity contribution < 1.29 is 0 Å². The van der Waals surface area contributed by atoms with Gasteiger partial charge in [-0.1, -0.05) is 30.3 Å². The van der Waals surface area contributed by atoms with Crippen molar-refractivity contribution >= 4 is 11.5 Å². The largest absolute Gasteiger partial charge is 0.342 e. The van der Waals surface area contributed by atoms with Gasteiger partial charge in [0.05, 0.1) is 18.4 Å². The molecule has 0 bridgehead atoms. The van der Waals surface area contributed by atoms with E-state index < -0.39 is 0 Å². The Balaban J connectivity index is 1.66. The van der Waals surface area contributed by atoms with E-state index >= 15 is 0 Å². The summed E-state index contributed by atoms with van der Waals surface area (Å²) in [6.07, 6.45) is 6.07. The Hall–Kier alpha value is -2.10. The highest BCUT2D eigenvalue weighted by molar-refractivity contribution is 5.96. The topological polar surface area (TPSA) is 42.2 Å². The molecule has 0 saturated heterocycles. The number of hydrogen-bond donors (Lipinski definition) is 1. The first-order valence-corrected chi connectivity index (χ1v) is 6.27. The molecule has 0 unspecified atom stereocenters. The molecule has 0 aliphatic carbocycles. The SMILES string of the molecule is c1ccc(Cn2cc(NC3=NCCC3)cn2)cc1. The van der Waals surface area contributed by atoms with Crippen LogP contribution in [0.2, 0.25) is 0 Å². The summed E-state index contributed by atoms with van der Waals surface area (Å²) in [7, 11) is 0. The van der Waals surface area contributed by atoms with Gasteiger partial charge in [-0.25, -0.2) is 0 Å². The minimum Gasteiger partial charge on any atom is -0.342 e. The van der Waals surface area contributed by atoms with Gasteiger partial charge in [-0.05, 0) is 12.0 Å². The monoisotopic (exact) mass is 240 g/mol. The van der Waals surface area contributed by atoms with Crippen LogP contribution in [0.4, 0.5) is 5.69 Å². The predicted octanol–water partition coefficient (Wildman–Crippen LogP) is 2.54. The van der Waals surface area contributed by atoms with Crippen molar-refractivity contribution in [2.45, 2.75) is 19.4 Å². The van der Waals surface area contributed by atoms with Gasteiger partial charge >= 0.3 is 0 Å². The average Bonchev–Trinajstić information content (AvgIpc) is 3.03. The standard InChI is InChI=1S/C14H16N4/c1-2-5-12(6-3-1)10-18-11-13(9-16-18)17-14-7-4-8-15-14/h1-3,5-6,9,11H,4,7-8,10H2,(H,15,17). The summed E-state index contributed by atoms with van der Waals surface area (Å²) < 4.78 is 1.94. The number of rotatable bonds is 3. The molecule has 0 radical (unpaired) electrons. The van der Waals surface area contributed by atoms with Crippen LogP contribution >= 0.6 is 0 Å². The smallest absolute Gasteiger partial charge is 0.101 e. The lowest BCUT2D eigenvalue weighted by atomic mass is 10.2. The summed E-state index contributed by atoms with van der Waals surface area (Å²) in [6.45, 7) is 1.75. The summed E-state index contributed by atoms with van der Waals surface area (Å²) in [5.74, 6) is 1.08. The van der Waals surface area contributed by atoms with Crippen molar-refractivity contribution in [1.29, 1.82) is 0 Å². The Bertz CT molecular complexity index is 542. The molecule has 1 aromatic heterocycles. The lowest BCUT2D eigenvalue weighted by Gasteiger charge is -2.02. The Morgan fingerprint density at radius 1 is 1.22 bits per heavy atom. The fraction of sp³-hybridized carbons (Fsp3) is 0.286. The van der Waals surface area contributed by atoms with Crippen molar-refractivity contribution in [3.05, 3.63) is 48.3 Å². The van der Waals surface area contributed by atoms with E-state index in [2.05, 4.69) is 27.5 Å². The molecule has 1 aliphatic heterocycles. The number of nitrogens with zero attached hydrogens (tertiary/aromatic N) is 3. The van der Waals surface area contributed by atoms with E-state index in [-0.39, 0.29) is 0 Å². The van der Waals surface area contributed by atoms with Gasteiger partial charge < -0.3 is 5.32 Å². The average molecular weight is 240 g/mol. The van der Waals surface area contributed by atoms with Gasteiger partial charge in [-0.15, -0.1) is 0 Å². The Labute approximate surface area is 106 Å². The number of aromatic nitrogens is 2. The zero-order valence-electron chi connectivity index (χ0n) is 10.2. The van der Waals surface area contributed by atoms with Gasteiger partial charge in [0.1, 0.15) is 5.84 Å². The maximum absolute atomic E-state index is 4.39. The Kier molecular flexibility index (Phi) is 3.08. The molecule has 92 valence electrons. The van der Waals surface area contributed by atoms with Crippen LogP contribution in [0.5, 0.6) is 0 Å². The second-order valence-corrected chi connectivity index (χ2v) is 4.47. The third-order valence-electron chi connectivity index (χ3n) is 2.98. The second-order valence-electron chi connectivity index (χ2n) is 4.47. The molecular formula is C14H16N4. The van der Waals surface area contributed by atoms with Gasteiger partial charge in [0.2, 0.25) is 0 Å². The predicted molar refractivity (Wildman–Crippen MR) is 72.9 cm³/mol. The lowest BCUT2D eigenvalue weighted by Crippen LogP contribution is -2.07. The van der Waals surface area contributed by atoms with Crippen LogP contribution < -0.4 is 5.32 Å². The first kappa shape index (κ1) is 11.0. The van der Waals surface area contributed by atoms with E-state index in [9.17, 15) is 0 Å². The van der Waals surface area contributed by atoms with Crippen LogP contribution in [0.15, 0.2) is 47.7 Å². The van der Waals surface area contributed by atoms with E-state index in [1.165, 1.54) is 5.56 Å². The molecule has 4 heteroatoms. The highest BCUT2D eigenvalue weighted by atomic mass is 15.3. The van der Waals surface area contributed by atoms with Crippen LogP contribution in [-0.2, 0) is 6.54 Å². The van der Waals surface area contributed by atoms with Crippen LogP contribution in [0, 0.1) is 0 Å². The summed E-state index contributed by atoms with van der Waals surface area (Å²) in [5, 5.41) is 7.67. The zero-order valence-corrected chi connectivity index (χ0v) is 10.2. The number of anilines is 1. The highest BCUT2D eigenvalue weighted by Gasteiger charge is 2.07. The third-order valence-corrected chi connectivity index (χ3v) is 2.98. The van der Waals surface area contributed by atoms with Gasteiger partial charge in [-0.2, -0.15) is 5.10 Å². The van der Waals surface area contributed by atoms with Crippen molar-refractivity contribution in [3.8, 4) is 0 Å². The van der Waals surface area contributed by atoms with E-state index in [1.807, 2.05) is 35.3 Å². The fourth-order valence-corrected chi connectivity index (χ4v) is 2.09. The van der Waals surface area contributed by atoms with E-state index in [0.717, 1.165) is 37.5 Å². The molecule has 4 nitrogen and oxygen atoms in total. The molecule has 1 N–H and O–H groups in total. The molecule has 18 heavy (non-hydrogen) atoms. The minimum absolute atomic E-state index is 0.801. The van der Waals surface area contributed by atoms with Gasteiger partial charge in [0, 0.05) is 19.2 Å². The minimum atomic E-state index is 0.801. The number of benzene rings is 1. The fourth-order valence-electron chi connectivity index (χ4n) is 2.09. The van der Waals surface area contributed by atoms with Crippen molar-refractivity contribution in [2.24, 2.45) is 4.99 Å². The number of hydrogen-bond acceptors (Lipinski definition) is 3. The number of aliphatic imine (C=N–C) groups is 1. The molecule has 1 aliphatic rings. The van der Waals surface area contributed by atoms with Crippen molar-refractivity contribution in [3.63, 3.8) is 0 Å². The molecule has 0 spiro atoms. The normalized spacial score (nSPS) is 14.6. The molecule has 0 saturated carbocycles. The van der Waals surface area contributed by atoms with Crippen LogP contribution in [0.25, 0.3) is 0 Å². The summed E-state index contributed by atoms with van der Waals surface area (Å²) in [6, 6.07) is 10.3. The number of nitrogens with one attached hydrogen (secondary N) is 1. The second kappa shape index (κ2) is 5.04. The lowest BCUT2D eigenvalue weighted by molar-refractivity contribution is 0.687. The summed E-state index contributed by atoms with van der Waals surface area (Å²) in [5.41, 5.74) is 2.27. The van der Waals surface area contributed by atoms with E-state index in [0.29, 0.717) is 0 Å². The molecule has 0 amide bonds. The number of amidine groups is 1. The third kappa shape index (κ3) is 2.59. The molecular weight excluding hydrogens is 224 g/mol. The van der Waals surface area contributed by atoms with Crippen LogP contribution in [-0.4, -0.2) is 22.2 Å². The zero-order chi connectivity index (χ0) is 12.2. The van der Waals surface area contributed by atoms with Crippen LogP contribution in [0.3, 0.4) is 0 Å². The van der Waals surface area contributed by atoms with E-state index in [1.54, 1.807) is 0 Å². The first-order chi connectivity index (χ1) is 8.90. The molecule has 1 aromatic carbocycles. The van der Waals surface area contributed by atoms with Crippen molar-refractivity contribution in [1.82, 2.24) is 9.78 Å². The van der Waals surface area contributed by atoms with Crippen molar-refractivity contribution in [2.75, 3.05) is 11.9 Å². The molecule has 0 fully saturated rings. The maximum atomic E-state index is 4.39. The summed E-state index contributed by atoms with van der Waals surface area (Å²) >= 11 is 0. The van der Waals surface area contributed by atoms with Gasteiger partial charge in [-0.3, -0.25) is 9.67 Å². The highest BCUT2D eigenvalue weighted by Crippen LogP contribution is 2.11. The van der Waals surface area contributed by atoms with E-state index in [4.69, 9.17) is 0 Å². The maximum Gasteiger partial charge on any atom is 0.101 e. The summed E-state index contributed by atoms with van der Waals surface area (Å²) in [4.78, 5) is 4.39. The Morgan fingerprint density at radius 3 is 2.89 bits per heavy atom. The van der Waals surface area contributed by atoms with Gasteiger partial charge in [0.15, 0.2) is 0 Å². The molecule has 0 atom stereocenters. The van der Waals surface area contributed by atoms with Crippen LogP contribution in [0.1, 0.15) is 18.4 Å². The molecule has 2 heterocycles. The quantitative estimate of drug-likeness (QED) is 0.895.